The van der Waals surface area contributed by atoms with Crippen LogP contribution in [0.5, 0.6) is 0 Å². The highest BCUT2D eigenvalue weighted by Crippen LogP contribution is 2.26. The zero-order valence-electron chi connectivity index (χ0n) is 26.3. The van der Waals surface area contributed by atoms with Gasteiger partial charge in [-0.25, -0.2) is 9.59 Å². The molecule has 45 heavy (non-hydrogen) atoms. The molecule has 0 fully saturated rings. The molecule has 12 heteroatoms. The van der Waals surface area contributed by atoms with E-state index in [1.54, 1.807) is 24.3 Å². The number of amides is 2. The van der Waals surface area contributed by atoms with E-state index in [1.165, 1.54) is 19.4 Å². The molecule has 0 radical (unpaired) electrons. The third-order valence-electron chi connectivity index (χ3n) is 7.38. The van der Waals surface area contributed by atoms with Crippen molar-refractivity contribution >= 4 is 41.2 Å². The van der Waals surface area contributed by atoms with Crippen LogP contribution in [0.4, 0.5) is 5.69 Å². The summed E-state index contributed by atoms with van der Waals surface area (Å²) < 4.78 is 0. The summed E-state index contributed by atoms with van der Waals surface area (Å²) in [5, 5.41) is 44.4. The minimum absolute atomic E-state index is 0.205. The molecule has 0 saturated carbocycles. The number of carbonyl (C=O) groups is 6. The molecule has 0 aliphatic rings. The summed E-state index contributed by atoms with van der Waals surface area (Å²) in [6.45, 7) is 3.48. The number of nitrogens with one attached hydrogen (secondary N) is 2. The van der Waals surface area contributed by atoms with Gasteiger partial charge in [-0.1, -0.05) is 69.7 Å². The molecule has 3 atom stereocenters. The average molecular weight is 633 g/mol. The van der Waals surface area contributed by atoms with E-state index in [1.807, 2.05) is 0 Å². The van der Waals surface area contributed by atoms with Gasteiger partial charge in [0.25, 0.3) is 0 Å². The molecule has 0 bridgehead atoms. The van der Waals surface area contributed by atoms with Gasteiger partial charge in [0, 0.05) is 31.9 Å². The van der Waals surface area contributed by atoms with Crippen LogP contribution in [-0.2, 0) is 35.2 Å². The Morgan fingerprint density at radius 1 is 0.844 bits per heavy atom. The van der Waals surface area contributed by atoms with Gasteiger partial charge in [0.2, 0.25) is 11.8 Å². The maximum Gasteiger partial charge on any atom is 0.337 e. The summed E-state index contributed by atoms with van der Waals surface area (Å²) in [6, 6.07) is 4.67. The second kappa shape index (κ2) is 20.8. The number of unbranched alkanes of at least 4 members (excludes halogenated alkanes) is 8. The van der Waals surface area contributed by atoms with Crippen molar-refractivity contribution in [3.8, 4) is 0 Å². The Kier molecular flexibility index (Phi) is 18.0. The normalized spacial score (nSPS) is 13.8. The minimum Gasteiger partial charge on any atom is -0.481 e. The van der Waals surface area contributed by atoms with Gasteiger partial charge in [0.05, 0.1) is 12.3 Å². The lowest BCUT2D eigenvalue weighted by Crippen LogP contribution is -2.55. The Hall–Kier alpha value is -4.06. The molecule has 1 rings (SSSR count). The molecule has 6 N–H and O–H groups in total. The number of aliphatic hydroxyl groups is 1. The zero-order chi connectivity index (χ0) is 33.8. The number of Topliss-reactive ketones (excluding diaryl/α,β-unsaturated/α-hetero) is 1. The summed E-state index contributed by atoms with van der Waals surface area (Å²) in [4.78, 5) is 71.9. The number of carboxylic acid groups (broad SMARTS) is 3. The van der Waals surface area contributed by atoms with E-state index in [0.717, 1.165) is 51.0 Å². The highest BCUT2D eigenvalue weighted by Gasteiger charge is 2.49. The molecule has 0 saturated heterocycles. The molecule has 1 aromatic rings. The van der Waals surface area contributed by atoms with Gasteiger partial charge < -0.3 is 31.1 Å². The summed E-state index contributed by atoms with van der Waals surface area (Å²) in [5.41, 5.74) is -2.07. The first kappa shape index (κ1) is 39.0. The Morgan fingerprint density at radius 2 is 1.42 bits per heavy atom. The number of hydrogen-bond acceptors (Lipinski definition) is 7. The predicted octanol–water partition coefficient (Wildman–Crippen LogP) is 4.49. The number of allylic oxidation sites excluding steroid dienone is 1. The number of rotatable bonds is 24. The lowest BCUT2D eigenvalue weighted by molar-refractivity contribution is -0.172. The molecule has 12 nitrogen and oxygen atoms in total. The molecule has 0 unspecified atom stereocenters. The maximum absolute atomic E-state index is 13.2. The first-order chi connectivity index (χ1) is 21.3. The summed E-state index contributed by atoms with van der Waals surface area (Å²) in [6.07, 6.45) is 11.1. The summed E-state index contributed by atoms with van der Waals surface area (Å²) in [5.74, 6) is -8.11. The van der Waals surface area contributed by atoms with Crippen molar-refractivity contribution in [2.24, 2.45) is 5.92 Å². The van der Waals surface area contributed by atoms with E-state index in [0.29, 0.717) is 36.9 Å². The number of hydrogen-bond donors (Lipinski definition) is 6. The van der Waals surface area contributed by atoms with Crippen LogP contribution < -0.4 is 10.6 Å². The molecular weight excluding hydrogens is 584 g/mol. The molecule has 0 spiro atoms. The Labute approximate surface area is 264 Å². The number of benzene rings is 1. The Balaban J connectivity index is 2.83. The molecule has 2 amide bonds. The fourth-order valence-corrected chi connectivity index (χ4v) is 4.86. The van der Waals surface area contributed by atoms with E-state index in [2.05, 4.69) is 17.6 Å². The third-order valence-corrected chi connectivity index (χ3v) is 7.38. The van der Waals surface area contributed by atoms with Crippen LogP contribution in [0.1, 0.15) is 103 Å². The average Bonchev–Trinajstić information content (AvgIpc) is 2.95. The van der Waals surface area contributed by atoms with Gasteiger partial charge in [-0.3, -0.25) is 19.2 Å². The lowest BCUT2D eigenvalue weighted by Gasteiger charge is -2.29. The number of aliphatic carboxylic acids is 3. The van der Waals surface area contributed by atoms with Crippen LogP contribution in [-0.4, -0.2) is 67.6 Å². The second-order valence-corrected chi connectivity index (χ2v) is 11.3. The SMILES string of the molecule is CCCCCCCC(=O)CCCCCC/C=C/[C@@H](C(=O)N[C@@H](Cc1ccc(NC(C)=O)cc1)C(=O)O)[C@@](O)(CC(=O)O)C(=O)O. The monoisotopic (exact) mass is 632 g/mol. The van der Waals surface area contributed by atoms with Gasteiger partial charge in [0.1, 0.15) is 11.8 Å². The van der Waals surface area contributed by atoms with Crippen molar-refractivity contribution in [3.63, 3.8) is 0 Å². The smallest absolute Gasteiger partial charge is 0.337 e. The van der Waals surface area contributed by atoms with Crippen molar-refractivity contribution < 1.29 is 49.2 Å². The van der Waals surface area contributed by atoms with Gasteiger partial charge >= 0.3 is 17.9 Å². The van der Waals surface area contributed by atoms with Crippen LogP contribution >= 0.6 is 0 Å². The van der Waals surface area contributed by atoms with Crippen molar-refractivity contribution in [2.75, 3.05) is 5.32 Å². The number of carboxylic acids is 3. The second-order valence-electron chi connectivity index (χ2n) is 11.3. The highest BCUT2D eigenvalue weighted by atomic mass is 16.4. The predicted molar refractivity (Wildman–Crippen MR) is 168 cm³/mol. The number of anilines is 1. The van der Waals surface area contributed by atoms with Crippen LogP contribution in [0.15, 0.2) is 36.4 Å². The van der Waals surface area contributed by atoms with E-state index in [9.17, 15) is 49.2 Å². The maximum atomic E-state index is 13.2. The molecule has 250 valence electrons. The van der Waals surface area contributed by atoms with Gasteiger partial charge in [-0.2, -0.15) is 0 Å². The number of carbonyl (C=O) groups excluding carboxylic acids is 3. The van der Waals surface area contributed by atoms with Gasteiger partial charge in [-0.15, -0.1) is 0 Å². The largest absolute Gasteiger partial charge is 0.481 e. The van der Waals surface area contributed by atoms with E-state index >= 15 is 0 Å². The first-order valence-corrected chi connectivity index (χ1v) is 15.6. The minimum atomic E-state index is -3.04. The lowest BCUT2D eigenvalue weighted by atomic mass is 9.82. The van der Waals surface area contributed by atoms with Crippen molar-refractivity contribution in [2.45, 2.75) is 115 Å². The molecule has 0 aliphatic heterocycles. The fourth-order valence-electron chi connectivity index (χ4n) is 4.86. The van der Waals surface area contributed by atoms with Gasteiger partial charge in [-0.05, 0) is 43.4 Å². The summed E-state index contributed by atoms with van der Waals surface area (Å²) in [7, 11) is 0. The summed E-state index contributed by atoms with van der Waals surface area (Å²) >= 11 is 0. The van der Waals surface area contributed by atoms with E-state index in [4.69, 9.17) is 0 Å². The van der Waals surface area contributed by atoms with Crippen molar-refractivity contribution in [3.05, 3.63) is 42.0 Å². The molecule has 0 aliphatic carbocycles. The Bertz CT molecular complexity index is 1160. The molecule has 0 heterocycles. The van der Waals surface area contributed by atoms with E-state index in [-0.39, 0.29) is 18.1 Å². The van der Waals surface area contributed by atoms with E-state index < -0.39 is 47.8 Å². The fraction of sp³-hybridized carbons (Fsp3) is 0.576. The molecule has 1 aromatic carbocycles. The van der Waals surface area contributed by atoms with Crippen LogP contribution in [0.25, 0.3) is 0 Å². The van der Waals surface area contributed by atoms with Crippen molar-refractivity contribution in [1.29, 1.82) is 0 Å². The Morgan fingerprint density at radius 3 is 1.93 bits per heavy atom. The van der Waals surface area contributed by atoms with Crippen molar-refractivity contribution in [1.82, 2.24) is 5.32 Å². The number of ketones is 1. The molecular formula is C33H48N2O10. The molecule has 0 aromatic heterocycles. The third kappa shape index (κ3) is 15.5. The first-order valence-electron chi connectivity index (χ1n) is 15.6. The van der Waals surface area contributed by atoms with Gasteiger partial charge in [0.15, 0.2) is 5.60 Å². The topological polar surface area (TPSA) is 207 Å². The van der Waals surface area contributed by atoms with Crippen LogP contribution in [0.3, 0.4) is 0 Å². The zero-order valence-corrected chi connectivity index (χ0v) is 26.3. The standard InChI is InChI=1S/C33H48N2O10/c1-3-4-5-8-11-14-26(37)15-12-9-6-7-10-13-16-27(33(45,32(43)44)22-29(38)39)30(40)35-28(31(41)42)21-24-17-19-25(20-18-24)34-23(2)36/h13,16-20,27-28,45H,3-12,14-15,21-22H2,1-2H3,(H,34,36)(H,35,40)(H,38,39)(H,41,42)(H,43,44)/b16-13+/t27-,28-,33-/m0/s1. The van der Waals surface area contributed by atoms with Crippen LogP contribution in [0.2, 0.25) is 0 Å². The quantitative estimate of drug-likeness (QED) is 0.0695. The van der Waals surface area contributed by atoms with Crippen LogP contribution in [0, 0.1) is 5.92 Å². The highest BCUT2D eigenvalue weighted by molar-refractivity contribution is 5.94.